The number of nitrogens with two attached hydrogens (primary N) is 1. The Morgan fingerprint density at radius 3 is 1.82 bits per heavy atom. The Hall–Kier alpha value is -5.94. The summed E-state index contributed by atoms with van der Waals surface area (Å²) in [5.41, 5.74) is 12.4. The first-order chi connectivity index (χ1) is 19.3. The van der Waals surface area contributed by atoms with E-state index in [1.165, 1.54) is 12.1 Å². The third-order valence-corrected chi connectivity index (χ3v) is 6.55. The number of rotatable bonds is 5. The zero-order valence-corrected chi connectivity index (χ0v) is 20.9. The molecule has 3 aromatic heterocycles. The second-order valence-electron chi connectivity index (χ2n) is 8.12. The molecular weight excluding hydrogens is 540 g/mol. The summed E-state index contributed by atoms with van der Waals surface area (Å²) >= 11 is 0.740. The maximum Gasteiger partial charge on any atom is 0.349 e. The summed E-state index contributed by atoms with van der Waals surface area (Å²) in [7, 11) is 0. The van der Waals surface area contributed by atoms with Gasteiger partial charge in [0.2, 0.25) is 0 Å². The average molecular weight is 557 g/mol. The summed E-state index contributed by atoms with van der Waals surface area (Å²) in [6, 6.07) is 17.6. The number of thiophene rings is 1. The highest BCUT2D eigenvalue weighted by molar-refractivity contribution is 7.17. The van der Waals surface area contributed by atoms with Gasteiger partial charge in [-0.25, -0.2) is 9.59 Å². The van der Waals surface area contributed by atoms with Crippen LogP contribution in [0.4, 0.5) is 10.7 Å². The van der Waals surface area contributed by atoms with Gasteiger partial charge in [-0.3, -0.25) is 36.1 Å². The SMILES string of the molecule is N#Cc1sc(N)c(C(=O)NNC(=O)c2cc3ccccc3oc2=O)c1NNC(=O)c1cc2ccccc2oc1=O. The van der Waals surface area contributed by atoms with E-state index in [0.717, 1.165) is 11.3 Å². The molecule has 198 valence electrons. The van der Waals surface area contributed by atoms with Crippen LogP contribution in [-0.2, 0) is 0 Å². The first-order valence-electron chi connectivity index (χ1n) is 11.3. The fourth-order valence-electron chi connectivity index (χ4n) is 3.74. The van der Waals surface area contributed by atoms with Gasteiger partial charge in [-0.2, -0.15) is 5.26 Å². The molecule has 5 rings (SSSR count). The Balaban J connectivity index is 1.34. The summed E-state index contributed by atoms with van der Waals surface area (Å²) in [6.45, 7) is 0. The molecule has 5 aromatic rings. The normalized spacial score (nSPS) is 10.6. The van der Waals surface area contributed by atoms with Gasteiger partial charge >= 0.3 is 11.3 Å². The van der Waals surface area contributed by atoms with Gasteiger partial charge in [-0.1, -0.05) is 36.4 Å². The van der Waals surface area contributed by atoms with Crippen LogP contribution in [0.25, 0.3) is 21.9 Å². The quantitative estimate of drug-likeness (QED) is 0.157. The number of hydrogen-bond donors (Lipinski definition) is 5. The van der Waals surface area contributed by atoms with Gasteiger partial charge in [-0.15, -0.1) is 11.3 Å². The zero-order valence-electron chi connectivity index (χ0n) is 20.1. The molecule has 40 heavy (non-hydrogen) atoms. The van der Waals surface area contributed by atoms with E-state index >= 15 is 0 Å². The Morgan fingerprint density at radius 2 is 1.27 bits per heavy atom. The average Bonchev–Trinajstić information content (AvgIpc) is 3.28. The maximum absolute atomic E-state index is 12.9. The third-order valence-electron chi connectivity index (χ3n) is 5.63. The van der Waals surface area contributed by atoms with Crippen LogP contribution in [0.15, 0.2) is 79.1 Å². The number of nitrogen functional groups attached to an aromatic ring is 1. The van der Waals surface area contributed by atoms with Gasteiger partial charge in [-0.05, 0) is 24.3 Å². The van der Waals surface area contributed by atoms with Crippen molar-refractivity contribution >= 4 is 61.7 Å². The minimum Gasteiger partial charge on any atom is -0.422 e. The van der Waals surface area contributed by atoms with E-state index in [2.05, 4.69) is 21.7 Å². The van der Waals surface area contributed by atoms with Crippen LogP contribution in [0.3, 0.4) is 0 Å². The lowest BCUT2D eigenvalue weighted by molar-refractivity contribution is 0.0845. The lowest BCUT2D eigenvalue weighted by Gasteiger charge is -2.11. The highest BCUT2D eigenvalue weighted by Gasteiger charge is 2.25. The molecule has 0 radical (unpaired) electrons. The molecule has 3 heterocycles. The number of nitrogens with zero attached hydrogens (tertiary/aromatic N) is 1. The van der Waals surface area contributed by atoms with Crippen molar-refractivity contribution < 1.29 is 23.2 Å². The van der Waals surface area contributed by atoms with Crippen LogP contribution in [0.1, 0.15) is 36.0 Å². The number of amides is 3. The van der Waals surface area contributed by atoms with E-state index < -0.39 is 29.0 Å². The Morgan fingerprint density at radius 1 is 0.775 bits per heavy atom. The molecule has 0 aliphatic heterocycles. The molecule has 2 aromatic carbocycles. The number of carbonyl (C=O) groups is 3. The summed E-state index contributed by atoms with van der Waals surface area (Å²) in [6.07, 6.45) is 0. The van der Waals surface area contributed by atoms with Crippen molar-refractivity contribution in [1.29, 1.82) is 5.26 Å². The predicted molar refractivity (Wildman–Crippen MR) is 144 cm³/mol. The van der Waals surface area contributed by atoms with Crippen LogP contribution in [0.5, 0.6) is 0 Å². The predicted octanol–water partition coefficient (Wildman–Crippen LogP) is 2.25. The molecular formula is C26H16N6O7S. The summed E-state index contributed by atoms with van der Waals surface area (Å²) in [4.78, 5) is 62.7. The van der Waals surface area contributed by atoms with Crippen LogP contribution in [0, 0.1) is 11.3 Å². The van der Waals surface area contributed by atoms with Gasteiger partial charge < -0.3 is 14.6 Å². The highest BCUT2D eigenvalue weighted by atomic mass is 32.1. The Labute approximate surface area is 226 Å². The Bertz CT molecular complexity index is 2000. The molecule has 0 aliphatic carbocycles. The number of hydrazine groups is 2. The van der Waals surface area contributed by atoms with Gasteiger partial charge in [0.05, 0.1) is 5.69 Å². The fraction of sp³-hybridized carbons (Fsp3) is 0. The monoisotopic (exact) mass is 556 g/mol. The van der Waals surface area contributed by atoms with Gasteiger partial charge in [0.1, 0.15) is 43.8 Å². The molecule has 0 unspecified atom stereocenters. The van der Waals surface area contributed by atoms with Crippen molar-refractivity contribution in [2.24, 2.45) is 0 Å². The van der Waals surface area contributed by atoms with Crippen molar-refractivity contribution in [1.82, 2.24) is 16.3 Å². The number of anilines is 2. The fourth-order valence-corrected chi connectivity index (χ4v) is 4.56. The first kappa shape index (κ1) is 25.7. The largest absolute Gasteiger partial charge is 0.422 e. The van der Waals surface area contributed by atoms with Crippen molar-refractivity contribution in [3.05, 3.63) is 103 Å². The van der Waals surface area contributed by atoms with Gasteiger partial charge in [0.25, 0.3) is 17.7 Å². The number of carbonyl (C=O) groups excluding carboxylic acids is 3. The maximum atomic E-state index is 12.9. The molecule has 0 fully saturated rings. The standard InChI is InChI=1S/C26H16N6O7S/c27-11-18-20(29-30-22(33)14-9-12-5-1-3-7-16(12)38-25(14)36)19(21(28)40-18)24(35)32-31-23(34)15-10-13-6-2-4-8-17(13)39-26(15)37/h1-10,29H,28H2,(H,30,33)(H,31,34)(H,32,35). The van der Waals surface area contributed by atoms with Gasteiger partial charge in [0.15, 0.2) is 0 Å². The number of hydrogen-bond acceptors (Lipinski definition) is 11. The number of benzene rings is 2. The molecule has 3 amide bonds. The number of nitriles is 1. The molecule has 0 aliphatic rings. The van der Waals surface area contributed by atoms with Crippen molar-refractivity contribution in [2.75, 3.05) is 11.2 Å². The van der Waals surface area contributed by atoms with E-state index in [9.17, 15) is 29.2 Å². The molecule has 0 saturated carbocycles. The lowest BCUT2D eigenvalue weighted by Crippen LogP contribution is -2.43. The second kappa shape index (κ2) is 10.4. The van der Waals surface area contributed by atoms with E-state index in [0.29, 0.717) is 10.8 Å². The number of fused-ring (bicyclic) bond motifs is 2. The summed E-state index contributed by atoms with van der Waals surface area (Å²) < 4.78 is 10.3. The van der Waals surface area contributed by atoms with Crippen LogP contribution >= 0.6 is 11.3 Å². The van der Waals surface area contributed by atoms with Crippen molar-refractivity contribution in [3.8, 4) is 6.07 Å². The number of nitrogens with one attached hydrogen (secondary N) is 4. The van der Waals surface area contributed by atoms with Crippen molar-refractivity contribution in [3.63, 3.8) is 0 Å². The number of para-hydroxylation sites is 2. The van der Waals surface area contributed by atoms with Crippen LogP contribution < -0.4 is 38.7 Å². The van der Waals surface area contributed by atoms with Gasteiger partial charge in [0, 0.05) is 10.8 Å². The molecule has 0 spiro atoms. The molecule has 0 bridgehead atoms. The van der Waals surface area contributed by atoms with Crippen molar-refractivity contribution in [2.45, 2.75) is 0 Å². The topological polar surface area (TPSA) is 210 Å². The molecule has 14 heteroatoms. The van der Waals surface area contributed by atoms with Crippen LogP contribution in [0.2, 0.25) is 0 Å². The summed E-state index contributed by atoms with van der Waals surface area (Å²) in [5.74, 6) is -2.83. The van der Waals surface area contributed by atoms with Crippen LogP contribution in [-0.4, -0.2) is 17.7 Å². The van der Waals surface area contributed by atoms with E-state index in [4.69, 9.17) is 14.6 Å². The second-order valence-corrected chi connectivity index (χ2v) is 9.17. The summed E-state index contributed by atoms with van der Waals surface area (Å²) in [5, 5.41) is 10.4. The smallest absolute Gasteiger partial charge is 0.349 e. The zero-order chi connectivity index (χ0) is 28.4. The first-order valence-corrected chi connectivity index (χ1v) is 12.1. The van der Waals surface area contributed by atoms with E-state index in [1.54, 1.807) is 48.5 Å². The molecule has 0 atom stereocenters. The molecule has 6 N–H and O–H groups in total. The molecule has 13 nitrogen and oxygen atoms in total. The minimum atomic E-state index is -0.965. The third kappa shape index (κ3) is 4.83. The van der Waals surface area contributed by atoms with E-state index in [-0.39, 0.29) is 43.4 Å². The highest BCUT2D eigenvalue weighted by Crippen LogP contribution is 2.34. The Kier molecular flexibility index (Phi) is 6.71. The molecule has 0 saturated heterocycles. The lowest BCUT2D eigenvalue weighted by atomic mass is 10.2. The van der Waals surface area contributed by atoms with E-state index in [1.807, 2.05) is 6.07 Å². The minimum absolute atomic E-state index is 0.0741.